The van der Waals surface area contributed by atoms with E-state index in [1.165, 1.54) is 6.07 Å². The number of benzene rings is 2. The SMILES string of the molecule is Cc1nc(-c2ccc(N3CCC[C@@H](N)C3)c(F)c2)c2cc(C=C3SC(=O)NC3=O)ccc2n1. The van der Waals surface area contributed by atoms with Crippen LogP contribution in [0.4, 0.5) is 14.9 Å². The Morgan fingerprint density at radius 2 is 2.06 bits per heavy atom. The van der Waals surface area contributed by atoms with Gasteiger partial charge in [0.05, 0.1) is 21.8 Å². The number of carbonyl (C=O) groups excluding carboxylic acids is 2. The number of hydrogen-bond donors (Lipinski definition) is 2. The number of nitrogens with one attached hydrogen (secondary N) is 1. The Balaban J connectivity index is 1.56. The second kappa shape index (κ2) is 8.57. The number of nitrogens with two attached hydrogens (primary N) is 1. The molecule has 2 amide bonds. The fraction of sp³-hybridized carbons (Fsp3) is 0.250. The second-order valence-electron chi connectivity index (χ2n) is 8.26. The van der Waals surface area contributed by atoms with E-state index in [1.54, 1.807) is 19.1 Å². The van der Waals surface area contributed by atoms with Crippen molar-refractivity contribution in [3.63, 3.8) is 0 Å². The quantitative estimate of drug-likeness (QED) is 0.566. The van der Waals surface area contributed by atoms with Gasteiger partial charge in [0.15, 0.2) is 0 Å². The second-order valence-corrected chi connectivity index (χ2v) is 9.28. The summed E-state index contributed by atoms with van der Waals surface area (Å²) in [5.41, 5.74) is 9.30. The van der Waals surface area contributed by atoms with E-state index in [0.29, 0.717) is 39.7 Å². The average molecular weight is 464 g/mol. The number of aromatic nitrogens is 2. The third kappa shape index (κ3) is 4.34. The molecule has 2 fully saturated rings. The lowest BCUT2D eigenvalue weighted by Gasteiger charge is -2.32. The zero-order chi connectivity index (χ0) is 23.1. The van der Waals surface area contributed by atoms with E-state index in [9.17, 15) is 9.59 Å². The first-order valence-electron chi connectivity index (χ1n) is 10.7. The topological polar surface area (TPSA) is 101 Å². The molecule has 3 heterocycles. The van der Waals surface area contributed by atoms with Crippen LogP contribution in [0.5, 0.6) is 0 Å². The highest BCUT2D eigenvalue weighted by molar-refractivity contribution is 8.18. The van der Waals surface area contributed by atoms with Crippen molar-refractivity contribution in [2.75, 3.05) is 18.0 Å². The van der Waals surface area contributed by atoms with Gasteiger partial charge in [0.25, 0.3) is 11.1 Å². The molecule has 5 rings (SSSR count). The summed E-state index contributed by atoms with van der Waals surface area (Å²) in [5.74, 6) is -0.159. The summed E-state index contributed by atoms with van der Waals surface area (Å²) < 4.78 is 15.2. The van der Waals surface area contributed by atoms with E-state index < -0.39 is 11.1 Å². The van der Waals surface area contributed by atoms with Gasteiger partial charge in [-0.05, 0) is 67.4 Å². The van der Waals surface area contributed by atoms with Crippen molar-refractivity contribution in [2.24, 2.45) is 5.73 Å². The Kier molecular flexibility index (Phi) is 5.59. The van der Waals surface area contributed by atoms with Crippen LogP contribution in [0.25, 0.3) is 28.2 Å². The maximum Gasteiger partial charge on any atom is 0.290 e. The maximum absolute atomic E-state index is 15.2. The van der Waals surface area contributed by atoms with Gasteiger partial charge in [0, 0.05) is 30.1 Å². The number of thioether (sulfide) groups is 1. The first kappa shape index (κ1) is 21.5. The molecule has 9 heteroatoms. The Bertz CT molecular complexity index is 1330. The minimum atomic E-state index is -0.416. The Labute approximate surface area is 194 Å². The normalized spacial score (nSPS) is 20.0. The molecular weight excluding hydrogens is 441 g/mol. The lowest BCUT2D eigenvalue weighted by Crippen LogP contribution is -2.43. The lowest BCUT2D eigenvalue weighted by molar-refractivity contribution is -0.115. The number of carbonyl (C=O) groups is 2. The van der Waals surface area contributed by atoms with Crippen LogP contribution in [0.1, 0.15) is 24.2 Å². The van der Waals surface area contributed by atoms with Gasteiger partial charge in [-0.1, -0.05) is 12.1 Å². The van der Waals surface area contributed by atoms with Gasteiger partial charge < -0.3 is 10.6 Å². The van der Waals surface area contributed by atoms with Crippen LogP contribution in [0.3, 0.4) is 0 Å². The van der Waals surface area contributed by atoms with Gasteiger partial charge in [-0.15, -0.1) is 0 Å². The number of nitrogens with zero attached hydrogens (tertiary/aromatic N) is 3. The predicted molar refractivity (Wildman–Crippen MR) is 128 cm³/mol. The smallest absolute Gasteiger partial charge is 0.290 e. The molecule has 0 radical (unpaired) electrons. The fourth-order valence-electron chi connectivity index (χ4n) is 4.28. The molecule has 1 atom stereocenters. The molecule has 2 aromatic carbocycles. The summed E-state index contributed by atoms with van der Waals surface area (Å²) in [7, 11) is 0. The molecule has 33 heavy (non-hydrogen) atoms. The van der Waals surface area contributed by atoms with Crippen molar-refractivity contribution in [1.29, 1.82) is 0 Å². The van der Waals surface area contributed by atoms with Crippen molar-refractivity contribution in [3.8, 4) is 11.3 Å². The molecule has 3 aromatic rings. The minimum absolute atomic E-state index is 0.0502. The highest BCUT2D eigenvalue weighted by Gasteiger charge is 2.25. The van der Waals surface area contributed by atoms with Gasteiger partial charge in [0.1, 0.15) is 11.6 Å². The number of hydrogen-bond acceptors (Lipinski definition) is 7. The number of amides is 2. The van der Waals surface area contributed by atoms with Crippen molar-refractivity contribution >= 4 is 45.6 Å². The van der Waals surface area contributed by atoms with Crippen molar-refractivity contribution in [2.45, 2.75) is 25.8 Å². The first-order valence-corrected chi connectivity index (χ1v) is 11.5. The van der Waals surface area contributed by atoms with Crippen LogP contribution in [0.2, 0.25) is 0 Å². The number of halogens is 1. The van der Waals surface area contributed by atoms with Crippen LogP contribution in [0.15, 0.2) is 41.3 Å². The summed E-state index contributed by atoms with van der Waals surface area (Å²) in [6, 6.07) is 10.7. The number of fused-ring (bicyclic) bond motifs is 1. The number of imide groups is 1. The average Bonchev–Trinajstić information content (AvgIpc) is 3.09. The molecule has 0 bridgehead atoms. The molecule has 0 saturated carbocycles. The van der Waals surface area contributed by atoms with Crippen molar-refractivity contribution < 1.29 is 14.0 Å². The summed E-state index contributed by atoms with van der Waals surface area (Å²) in [5, 5.41) is 2.59. The van der Waals surface area contributed by atoms with Crippen LogP contribution in [-0.2, 0) is 4.79 Å². The summed E-state index contributed by atoms with van der Waals surface area (Å²) in [6.45, 7) is 3.22. The van der Waals surface area contributed by atoms with Gasteiger partial charge in [-0.25, -0.2) is 14.4 Å². The highest BCUT2D eigenvalue weighted by atomic mass is 32.2. The van der Waals surface area contributed by atoms with E-state index >= 15 is 4.39 Å². The molecule has 2 aliphatic heterocycles. The molecule has 2 saturated heterocycles. The van der Waals surface area contributed by atoms with Crippen molar-refractivity contribution in [3.05, 3.63) is 58.5 Å². The van der Waals surface area contributed by atoms with E-state index in [1.807, 2.05) is 29.2 Å². The van der Waals surface area contributed by atoms with E-state index in [2.05, 4.69) is 15.3 Å². The van der Waals surface area contributed by atoms with Crippen LogP contribution >= 0.6 is 11.8 Å². The van der Waals surface area contributed by atoms with Gasteiger partial charge >= 0.3 is 0 Å². The molecule has 1 aromatic heterocycles. The molecule has 0 unspecified atom stereocenters. The maximum atomic E-state index is 15.2. The van der Waals surface area contributed by atoms with Crippen LogP contribution in [-0.4, -0.2) is 40.2 Å². The number of rotatable bonds is 3. The Morgan fingerprint density at radius 1 is 1.21 bits per heavy atom. The molecule has 0 aliphatic carbocycles. The number of aryl methyl sites for hydroxylation is 1. The fourth-order valence-corrected chi connectivity index (χ4v) is 4.97. The molecule has 168 valence electrons. The first-order chi connectivity index (χ1) is 15.9. The van der Waals surface area contributed by atoms with E-state index in [4.69, 9.17) is 5.73 Å². The van der Waals surface area contributed by atoms with Crippen molar-refractivity contribution in [1.82, 2.24) is 15.3 Å². The Morgan fingerprint density at radius 3 is 2.79 bits per heavy atom. The van der Waals surface area contributed by atoms with Gasteiger partial charge in [-0.2, -0.15) is 0 Å². The lowest BCUT2D eigenvalue weighted by atomic mass is 10.0. The molecule has 2 aliphatic rings. The van der Waals surface area contributed by atoms with E-state index in [-0.39, 0.29) is 11.9 Å². The zero-order valence-electron chi connectivity index (χ0n) is 18.0. The molecule has 3 N–H and O–H groups in total. The predicted octanol–water partition coefficient (Wildman–Crippen LogP) is 4.00. The van der Waals surface area contributed by atoms with Gasteiger partial charge in [0.2, 0.25) is 0 Å². The van der Waals surface area contributed by atoms with Crippen LogP contribution < -0.4 is 16.0 Å². The van der Waals surface area contributed by atoms with Gasteiger partial charge in [-0.3, -0.25) is 14.9 Å². The number of anilines is 1. The third-order valence-corrected chi connectivity index (χ3v) is 6.60. The highest BCUT2D eigenvalue weighted by Crippen LogP contribution is 2.32. The minimum Gasteiger partial charge on any atom is -0.368 e. The van der Waals surface area contributed by atoms with Crippen LogP contribution in [0, 0.1) is 12.7 Å². The molecular formula is C24H22FN5O2S. The monoisotopic (exact) mass is 463 g/mol. The zero-order valence-corrected chi connectivity index (χ0v) is 18.8. The largest absolute Gasteiger partial charge is 0.368 e. The summed E-state index contributed by atoms with van der Waals surface area (Å²) in [4.78, 5) is 34.8. The number of piperidine rings is 1. The Hall–Kier alpha value is -3.30. The molecule has 0 spiro atoms. The third-order valence-electron chi connectivity index (χ3n) is 5.79. The van der Waals surface area contributed by atoms with E-state index in [0.717, 1.165) is 42.1 Å². The molecule has 7 nitrogen and oxygen atoms in total. The standard InChI is InChI=1S/C24H22FN5O2S/c1-13-27-19-6-4-14(10-21-23(31)29-24(32)33-21)9-17(19)22(28-13)15-5-7-20(18(25)11-15)30-8-2-3-16(26)12-30/h4-7,9-11,16H,2-3,8,12,26H2,1H3,(H,29,31,32)/t16-/m1/s1. The summed E-state index contributed by atoms with van der Waals surface area (Å²) >= 11 is 0.861. The summed E-state index contributed by atoms with van der Waals surface area (Å²) in [6.07, 6.45) is 3.55.